The second-order valence-corrected chi connectivity index (χ2v) is 7.23. The summed E-state index contributed by atoms with van der Waals surface area (Å²) in [5.41, 5.74) is -0.329. The van der Waals surface area contributed by atoms with E-state index in [9.17, 15) is 19.2 Å². The molecule has 0 spiro atoms. The molecular weight excluding hydrogens is 370 g/mol. The summed E-state index contributed by atoms with van der Waals surface area (Å²) in [6, 6.07) is 7.68. The van der Waals surface area contributed by atoms with E-state index in [1.54, 1.807) is 12.2 Å². The molecule has 0 saturated heterocycles. The van der Waals surface area contributed by atoms with Crippen molar-refractivity contribution in [3.63, 3.8) is 0 Å². The van der Waals surface area contributed by atoms with Gasteiger partial charge < -0.3 is 4.74 Å². The van der Waals surface area contributed by atoms with E-state index in [0.717, 1.165) is 26.6 Å². The van der Waals surface area contributed by atoms with Crippen molar-refractivity contribution in [2.45, 2.75) is 25.6 Å². The number of methoxy groups -OCH3 is 1. The van der Waals surface area contributed by atoms with Crippen molar-refractivity contribution in [2.75, 3.05) is 12.9 Å². The van der Waals surface area contributed by atoms with Crippen molar-refractivity contribution in [1.82, 2.24) is 13.9 Å². The number of carbonyl (C=O) groups excluding carboxylic acids is 2. The number of aromatic nitrogens is 3. The van der Waals surface area contributed by atoms with Crippen LogP contribution in [0.2, 0.25) is 0 Å². The van der Waals surface area contributed by atoms with Gasteiger partial charge in [-0.3, -0.25) is 4.79 Å². The van der Waals surface area contributed by atoms with Crippen LogP contribution in [0.5, 0.6) is 0 Å². The standard InChI is InChI=1S/C18H19N3O5S/c1-12(22)27-11-10-19-17(24)20-14(13-6-4-3-5-7-13)8-9-15(16(23)26-2)21(20)18(19)25/h3-9,14-15H,10-11H2,1-2H3/t14-,15-/m0/s1. The number of rotatable bonds is 5. The van der Waals surface area contributed by atoms with Crippen LogP contribution in [0, 0.1) is 0 Å². The summed E-state index contributed by atoms with van der Waals surface area (Å²) in [5, 5.41) is -0.0941. The summed E-state index contributed by atoms with van der Waals surface area (Å²) in [6.07, 6.45) is 3.28. The number of hydrogen-bond acceptors (Lipinski definition) is 6. The molecule has 2 heterocycles. The largest absolute Gasteiger partial charge is 0.467 e. The van der Waals surface area contributed by atoms with Crippen molar-refractivity contribution in [3.05, 3.63) is 69.0 Å². The topological polar surface area (TPSA) is 92.3 Å². The molecule has 0 amide bonds. The van der Waals surface area contributed by atoms with Crippen LogP contribution in [0.4, 0.5) is 0 Å². The lowest BCUT2D eigenvalue weighted by Crippen LogP contribution is -2.38. The summed E-state index contributed by atoms with van der Waals surface area (Å²) in [6.45, 7) is 1.50. The maximum atomic E-state index is 13.0. The first-order valence-electron chi connectivity index (χ1n) is 8.34. The minimum absolute atomic E-state index is 0.0737. The second-order valence-electron chi connectivity index (χ2n) is 5.95. The van der Waals surface area contributed by atoms with Crippen molar-refractivity contribution < 1.29 is 14.3 Å². The van der Waals surface area contributed by atoms with Gasteiger partial charge in [-0.25, -0.2) is 28.3 Å². The van der Waals surface area contributed by atoms with Crippen molar-refractivity contribution in [3.8, 4) is 0 Å². The Hall–Kier alpha value is -2.81. The summed E-state index contributed by atoms with van der Waals surface area (Å²) < 4.78 is 8.24. The van der Waals surface area contributed by atoms with E-state index < -0.39 is 29.4 Å². The Balaban J connectivity index is 2.12. The van der Waals surface area contributed by atoms with E-state index in [0.29, 0.717) is 5.75 Å². The number of hydrogen-bond donors (Lipinski definition) is 0. The average Bonchev–Trinajstić information content (AvgIpc) is 2.92. The van der Waals surface area contributed by atoms with Crippen molar-refractivity contribution in [2.24, 2.45) is 0 Å². The van der Waals surface area contributed by atoms with E-state index >= 15 is 0 Å². The fourth-order valence-corrected chi connectivity index (χ4v) is 3.63. The normalized spacial score (nSPS) is 18.1. The minimum atomic E-state index is -1.02. The third-order valence-corrected chi connectivity index (χ3v) is 5.09. The van der Waals surface area contributed by atoms with Gasteiger partial charge in [0, 0.05) is 19.2 Å². The van der Waals surface area contributed by atoms with Crippen LogP contribution in [0.25, 0.3) is 0 Å². The summed E-state index contributed by atoms with van der Waals surface area (Å²) >= 11 is 1.03. The molecule has 9 heteroatoms. The van der Waals surface area contributed by atoms with Gasteiger partial charge in [0.05, 0.1) is 13.2 Å². The van der Waals surface area contributed by atoms with Crippen LogP contribution < -0.4 is 11.4 Å². The number of carbonyl (C=O) groups is 2. The first-order chi connectivity index (χ1) is 13.0. The number of allylic oxidation sites excluding steroid dienone is 1. The molecule has 0 bridgehead atoms. The maximum absolute atomic E-state index is 13.0. The summed E-state index contributed by atoms with van der Waals surface area (Å²) in [7, 11) is 1.23. The molecule has 0 aliphatic carbocycles. The molecule has 2 aromatic rings. The number of benzene rings is 1. The third kappa shape index (κ3) is 3.55. The predicted octanol–water partition coefficient (Wildman–Crippen LogP) is 0.964. The fraction of sp³-hybridized carbons (Fsp3) is 0.333. The Morgan fingerprint density at radius 3 is 2.37 bits per heavy atom. The lowest BCUT2D eigenvalue weighted by molar-refractivity contribution is -0.143. The van der Waals surface area contributed by atoms with Crippen LogP contribution in [-0.2, 0) is 20.9 Å². The molecule has 8 nitrogen and oxygen atoms in total. The molecule has 2 atom stereocenters. The number of ether oxygens (including phenoxy) is 1. The Morgan fingerprint density at radius 1 is 1.07 bits per heavy atom. The van der Waals surface area contributed by atoms with Gasteiger partial charge in [0.2, 0.25) is 0 Å². The zero-order valence-electron chi connectivity index (χ0n) is 14.9. The van der Waals surface area contributed by atoms with Gasteiger partial charge in [-0.1, -0.05) is 54.2 Å². The molecule has 0 unspecified atom stereocenters. The smallest absolute Gasteiger partial charge is 0.348 e. The van der Waals surface area contributed by atoms with E-state index in [-0.39, 0.29) is 11.7 Å². The number of esters is 1. The van der Waals surface area contributed by atoms with E-state index in [1.165, 1.54) is 18.7 Å². The summed E-state index contributed by atoms with van der Waals surface area (Å²) in [5.74, 6) is -0.343. The van der Waals surface area contributed by atoms with Crippen molar-refractivity contribution in [1.29, 1.82) is 0 Å². The highest BCUT2D eigenvalue weighted by Crippen LogP contribution is 2.25. The highest BCUT2D eigenvalue weighted by Gasteiger charge is 2.33. The molecule has 0 fully saturated rings. The van der Waals surface area contributed by atoms with Gasteiger partial charge in [-0.05, 0) is 5.56 Å². The second kappa shape index (κ2) is 7.83. The average molecular weight is 389 g/mol. The minimum Gasteiger partial charge on any atom is -0.467 e. The zero-order chi connectivity index (χ0) is 19.6. The maximum Gasteiger partial charge on any atom is 0.348 e. The molecule has 0 saturated carbocycles. The van der Waals surface area contributed by atoms with Crippen LogP contribution in [-0.4, -0.2) is 37.9 Å². The van der Waals surface area contributed by atoms with Crippen molar-refractivity contribution >= 4 is 22.8 Å². The Kier molecular flexibility index (Phi) is 5.50. The quantitative estimate of drug-likeness (QED) is 0.559. The molecule has 1 aromatic heterocycles. The Labute approximate surface area is 159 Å². The lowest BCUT2D eigenvalue weighted by atomic mass is 10.0. The van der Waals surface area contributed by atoms with E-state index in [1.807, 2.05) is 30.3 Å². The van der Waals surface area contributed by atoms with Crippen LogP contribution in [0.15, 0.2) is 52.1 Å². The number of thioether (sulfide) groups is 1. The van der Waals surface area contributed by atoms with Gasteiger partial charge in [-0.15, -0.1) is 0 Å². The van der Waals surface area contributed by atoms with E-state index in [2.05, 4.69) is 0 Å². The summed E-state index contributed by atoms with van der Waals surface area (Å²) in [4.78, 5) is 49.1. The van der Waals surface area contributed by atoms with Crippen LogP contribution in [0.3, 0.4) is 0 Å². The fourth-order valence-electron chi connectivity index (χ4n) is 3.07. The molecule has 3 rings (SSSR count). The highest BCUT2D eigenvalue weighted by atomic mass is 32.2. The molecule has 0 N–H and O–H groups in total. The van der Waals surface area contributed by atoms with Gasteiger partial charge in [0.25, 0.3) is 0 Å². The van der Waals surface area contributed by atoms with Crippen LogP contribution in [0.1, 0.15) is 24.6 Å². The molecule has 27 heavy (non-hydrogen) atoms. The van der Waals surface area contributed by atoms with Crippen LogP contribution >= 0.6 is 11.8 Å². The number of fused-ring (bicyclic) bond motifs is 1. The lowest BCUT2D eigenvalue weighted by Gasteiger charge is -2.25. The van der Waals surface area contributed by atoms with Gasteiger partial charge >= 0.3 is 17.3 Å². The van der Waals surface area contributed by atoms with Gasteiger partial charge in [0.1, 0.15) is 0 Å². The highest BCUT2D eigenvalue weighted by molar-refractivity contribution is 8.13. The first kappa shape index (κ1) is 19.0. The molecule has 0 radical (unpaired) electrons. The first-order valence-corrected chi connectivity index (χ1v) is 9.32. The van der Waals surface area contributed by atoms with Gasteiger partial charge in [-0.2, -0.15) is 0 Å². The Morgan fingerprint density at radius 2 is 1.74 bits per heavy atom. The van der Waals surface area contributed by atoms with Gasteiger partial charge in [0.15, 0.2) is 11.2 Å². The predicted molar refractivity (Wildman–Crippen MR) is 101 cm³/mol. The third-order valence-electron chi connectivity index (χ3n) is 4.29. The molecule has 142 valence electrons. The zero-order valence-corrected chi connectivity index (χ0v) is 15.7. The SMILES string of the molecule is COC(=O)[C@@H]1C=C[C@@H](c2ccccc2)n2c(=O)n(CCSC(C)=O)c(=O)n21. The molecule has 1 aliphatic rings. The molecule has 1 aliphatic heterocycles. The molecular formula is C18H19N3O5S. The van der Waals surface area contributed by atoms with E-state index in [4.69, 9.17) is 4.74 Å². The molecule has 1 aromatic carbocycles. The monoisotopic (exact) mass is 389 g/mol. The Bertz CT molecular complexity index is 1000. The number of nitrogens with zero attached hydrogens (tertiary/aromatic N) is 3.